The minimum Gasteiger partial charge on any atom is -0.370 e. The highest BCUT2D eigenvalue weighted by Gasteiger charge is 2.12. The van der Waals surface area contributed by atoms with Crippen LogP contribution in [0.4, 0.5) is 0 Å². The van der Waals surface area contributed by atoms with Gasteiger partial charge < -0.3 is 16.0 Å². The highest BCUT2D eigenvalue weighted by molar-refractivity contribution is 5.78. The molecular formula is C12H21N5. The Labute approximate surface area is 102 Å². The van der Waals surface area contributed by atoms with Gasteiger partial charge in [-0.25, -0.2) is 4.98 Å². The van der Waals surface area contributed by atoms with Gasteiger partial charge in [0.25, 0.3) is 0 Å². The van der Waals surface area contributed by atoms with Gasteiger partial charge in [-0.15, -0.1) is 0 Å². The molecule has 2 rings (SSSR count). The average molecular weight is 235 g/mol. The van der Waals surface area contributed by atoms with Crippen molar-refractivity contribution in [3.63, 3.8) is 0 Å². The van der Waals surface area contributed by atoms with Crippen LogP contribution in [0.15, 0.2) is 17.5 Å². The third-order valence-electron chi connectivity index (χ3n) is 3.18. The van der Waals surface area contributed by atoms with Gasteiger partial charge in [-0.1, -0.05) is 19.3 Å². The number of aromatic amines is 1. The summed E-state index contributed by atoms with van der Waals surface area (Å²) >= 11 is 0. The first kappa shape index (κ1) is 12.0. The van der Waals surface area contributed by atoms with Gasteiger partial charge in [0.1, 0.15) is 0 Å². The number of rotatable bonds is 4. The van der Waals surface area contributed by atoms with Crippen molar-refractivity contribution in [2.24, 2.45) is 10.7 Å². The molecule has 1 fully saturated rings. The lowest BCUT2D eigenvalue weighted by atomic mass is 9.96. The van der Waals surface area contributed by atoms with Crippen molar-refractivity contribution in [2.45, 2.75) is 44.6 Å². The number of nitrogens with one attached hydrogen (secondary N) is 2. The lowest BCUT2D eigenvalue weighted by Gasteiger charge is -2.23. The SMILES string of the molecule is NC(=NCCc1cnc[nH]1)NC1CCCCC1. The van der Waals surface area contributed by atoms with Gasteiger partial charge in [-0.2, -0.15) is 0 Å². The summed E-state index contributed by atoms with van der Waals surface area (Å²) in [5.74, 6) is 0.580. The van der Waals surface area contributed by atoms with E-state index in [4.69, 9.17) is 5.73 Å². The number of hydrogen-bond donors (Lipinski definition) is 3. The number of H-pyrrole nitrogens is 1. The van der Waals surface area contributed by atoms with Crippen molar-refractivity contribution in [3.8, 4) is 0 Å². The molecule has 0 spiro atoms. The molecule has 5 heteroatoms. The molecule has 0 radical (unpaired) electrons. The third-order valence-corrected chi connectivity index (χ3v) is 3.18. The molecule has 1 saturated carbocycles. The molecule has 0 aromatic carbocycles. The number of guanidine groups is 1. The van der Waals surface area contributed by atoms with E-state index in [0.717, 1.165) is 12.1 Å². The van der Waals surface area contributed by atoms with Crippen LogP contribution in [0.1, 0.15) is 37.8 Å². The molecule has 0 aliphatic heterocycles. The Hall–Kier alpha value is -1.52. The maximum Gasteiger partial charge on any atom is 0.188 e. The summed E-state index contributed by atoms with van der Waals surface area (Å²) in [7, 11) is 0. The molecule has 0 atom stereocenters. The minimum atomic E-state index is 0.527. The zero-order valence-corrected chi connectivity index (χ0v) is 10.2. The summed E-state index contributed by atoms with van der Waals surface area (Å²) in [6.45, 7) is 0.702. The molecule has 4 N–H and O–H groups in total. The minimum absolute atomic E-state index is 0.527. The van der Waals surface area contributed by atoms with Crippen LogP contribution in [-0.2, 0) is 6.42 Å². The number of hydrogen-bond acceptors (Lipinski definition) is 2. The summed E-state index contributed by atoms with van der Waals surface area (Å²) in [4.78, 5) is 11.3. The van der Waals surface area contributed by atoms with E-state index < -0.39 is 0 Å². The first-order valence-electron chi connectivity index (χ1n) is 6.38. The van der Waals surface area contributed by atoms with Crippen LogP contribution in [0.5, 0.6) is 0 Å². The monoisotopic (exact) mass is 235 g/mol. The molecule has 94 valence electrons. The van der Waals surface area contributed by atoms with Gasteiger partial charge >= 0.3 is 0 Å². The molecular weight excluding hydrogens is 214 g/mol. The van der Waals surface area contributed by atoms with Gasteiger partial charge in [0.05, 0.1) is 6.33 Å². The molecule has 1 aliphatic rings. The van der Waals surface area contributed by atoms with Crippen molar-refractivity contribution in [1.29, 1.82) is 0 Å². The van der Waals surface area contributed by atoms with Crippen molar-refractivity contribution in [1.82, 2.24) is 15.3 Å². The predicted octanol–water partition coefficient (Wildman–Crippen LogP) is 1.19. The van der Waals surface area contributed by atoms with E-state index in [-0.39, 0.29) is 0 Å². The van der Waals surface area contributed by atoms with Gasteiger partial charge in [-0.3, -0.25) is 4.99 Å². The van der Waals surface area contributed by atoms with E-state index in [1.807, 2.05) is 6.20 Å². The fraction of sp³-hybridized carbons (Fsp3) is 0.667. The van der Waals surface area contributed by atoms with Crippen LogP contribution < -0.4 is 11.1 Å². The van der Waals surface area contributed by atoms with Crippen molar-refractivity contribution < 1.29 is 0 Å². The Kier molecular flexibility index (Phi) is 4.41. The Balaban J connectivity index is 1.69. The predicted molar refractivity (Wildman–Crippen MR) is 68.8 cm³/mol. The topological polar surface area (TPSA) is 79.1 Å². The molecule has 0 saturated heterocycles. The van der Waals surface area contributed by atoms with Crippen LogP contribution in [0.3, 0.4) is 0 Å². The van der Waals surface area contributed by atoms with Crippen molar-refractivity contribution >= 4 is 5.96 Å². The smallest absolute Gasteiger partial charge is 0.188 e. The Morgan fingerprint density at radius 3 is 3.00 bits per heavy atom. The highest BCUT2D eigenvalue weighted by atomic mass is 15.1. The highest BCUT2D eigenvalue weighted by Crippen LogP contribution is 2.16. The molecule has 0 bridgehead atoms. The normalized spacial score (nSPS) is 18.2. The second-order valence-corrected chi connectivity index (χ2v) is 4.57. The van der Waals surface area contributed by atoms with Crippen LogP contribution in [0.2, 0.25) is 0 Å². The summed E-state index contributed by atoms with van der Waals surface area (Å²) in [6.07, 6.45) is 10.8. The average Bonchev–Trinajstić information content (AvgIpc) is 2.83. The van der Waals surface area contributed by atoms with E-state index in [9.17, 15) is 0 Å². The van der Waals surface area contributed by atoms with Crippen LogP contribution >= 0.6 is 0 Å². The molecule has 5 nitrogen and oxygen atoms in total. The fourth-order valence-electron chi connectivity index (χ4n) is 2.22. The molecule has 1 aromatic heterocycles. The number of nitrogens with zero attached hydrogens (tertiary/aromatic N) is 2. The second-order valence-electron chi connectivity index (χ2n) is 4.57. The van der Waals surface area contributed by atoms with Gasteiger partial charge in [0.15, 0.2) is 5.96 Å². The summed E-state index contributed by atoms with van der Waals surface area (Å²) in [5.41, 5.74) is 6.95. The molecule has 1 aromatic rings. The zero-order chi connectivity index (χ0) is 11.9. The lowest BCUT2D eigenvalue weighted by molar-refractivity contribution is 0.412. The van der Waals surface area contributed by atoms with Crippen molar-refractivity contribution in [3.05, 3.63) is 18.2 Å². The van der Waals surface area contributed by atoms with Gasteiger partial charge in [0, 0.05) is 30.9 Å². The summed E-state index contributed by atoms with van der Waals surface area (Å²) < 4.78 is 0. The molecule has 1 aliphatic carbocycles. The number of aliphatic imine (C=N–C) groups is 1. The van der Waals surface area contributed by atoms with E-state index >= 15 is 0 Å². The van der Waals surface area contributed by atoms with E-state index in [2.05, 4.69) is 20.3 Å². The van der Waals surface area contributed by atoms with Gasteiger partial charge in [0.2, 0.25) is 0 Å². The first-order chi connectivity index (χ1) is 8.34. The van der Waals surface area contributed by atoms with E-state index in [0.29, 0.717) is 18.5 Å². The quantitative estimate of drug-likeness (QED) is 0.542. The lowest BCUT2D eigenvalue weighted by Crippen LogP contribution is -2.41. The zero-order valence-electron chi connectivity index (χ0n) is 10.2. The maximum absolute atomic E-state index is 5.86. The Bertz CT molecular complexity index is 338. The van der Waals surface area contributed by atoms with Crippen LogP contribution in [0.25, 0.3) is 0 Å². The fourth-order valence-corrected chi connectivity index (χ4v) is 2.22. The van der Waals surface area contributed by atoms with Crippen LogP contribution in [0, 0.1) is 0 Å². The first-order valence-corrected chi connectivity index (χ1v) is 6.38. The van der Waals surface area contributed by atoms with Crippen LogP contribution in [-0.4, -0.2) is 28.5 Å². The maximum atomic E-state index is 5.86. The largest absolute Gasteiger partial charge is 0.370 e. The second kappa shape index (κ2) is 6.27. The van der Waals surface area contributed by atoms with Gasteiger partial charge in [-0.05, 0) is 12.8 Å². The third kappa shape index (κ3) is 4.09. The Morgan fingerprint density at radius 1 is 1.47 bits per heavy atom. The summed E-state index contributed by atoms with van der Waals surface area (Å²) in [5, 5.41) is 3.30. The molecule has 0 unspecified atom stereocenters. The molecule has 17 heavy (non-hydrogen) atoms. The standard InChI is InChI=1S/C12H21N5/c13-12(17-10-4-2-1-3-5-10)15-7-6-11-8-14-9-16-11/h8-10H,1-7H2,(H,14,16)(H3,13,15,17). The number of aromatic nitrogens is 2. The Morgan fingerprint density at radius 2 is 2.29 bits per heavy atom. The number of nitrogens with two attached hydrogens (primary N) is 1. The summed E-state index contributed by atoms with van der Waals surface area (Å²) in [6, 6.07) is 0.527. The van der Waals surface area contributed by atoms with E-state index in [1.54, 1.807) is 6.33 Å². The van der Waals surface area contributed by atoms with E-state index in [1.165, 1.54) is 32.1 Å². The number of imidazole rings is 1. The van der Waals surface area contributed by atoms with Crippen molar-refractivity contribution in [2.75, 3.05) is 6.54 Å². The molecule has 0 amide bonds. The molecule has 1 heterocycles.